The van der Waals surface area contributed by atoms with Crippen molar-refractivity contribution in [3.8, 4) is 5.75 Å². The summed E-state index contributed by atoms with van der Waals surface area (Å²) in [7, 11) is 3.13. The number of amidine groups is 1. The summed E-state index contributed by atoms with van der Waals surface area (Å²) >= 11 is 0. The number of nitrogens with two attached hydrogens (primary N) is 1. The summed E-state index contributed by atoms with van der Waals surface area (Å²) < 4.78 is 0. The normalized spacial score (nSPS) is 33.1. The van der Waals surface area contributed by atoms with Crippen LogP contribution in [0.25, 0.3) is 5.76 Å². The van der Waals surface area contributed by atoms with Gasteiger partial charge in [-0.1, -0.05) is 12.1 Å². The molecule has 9 N–H and O–H groups in total. The van der Waals surface area contributed by atoms with Gasteiger partial charge in [0.15, 0.2) is 17.2 Å². The number of aromatic hydroxyl groups is 1. The van der Waals surface area contributed by atoms with Crippen LogP contribution in [0.2, 0.25) is 0 Å². The van der Waals surface area contributed by atoms with E-state index in [0.29, 0.717) is 12.1 Å². The zero-order valence-electron chi connectivity index (χ0n) is 25.8. The number of rotatable bonds is 8. The number of Topliss-reactive ketones (excluding diaryl/α,β-unsaturated/α-hetero) is 3. The first-order valence-electron chi connectivity index (χ1n) is 15.4. The summed E-state index contributed by atoms with van der Waals surface area (Å²) in [6, 6.07) is 3.10. The molecular weight excluding hydrogens is 580 g/mol. The molecule has 0 saturated heterocycles. The van der Waals surface area contributed by atoms with Crippen LogP contribution in [0.4, 0.5) is 0 Å². The van der Waals surface area contributed by atoms with E-state index in [1.165, 1.54) is 30.0 Å². The molecule has 0 spiro atoms. The molecule has 0 bridgehead atoms. The molecule has 12 nitrogen and oxygen atoms in total. The van der Waals surface area contributed by atoms with Crippen molar-refractivity contribution in [1.82, 2.24) is 4.90 Å². The molecule has 4 aliphatic rings. The summed E-state index contributed by atoms with van der Waals surface area (Å²) in [4.78, 5) is 43.2. The van der Waals surface area contributed by atoms with E-state index in [1.807, 2.05) is 0 Å². The van der Waals surface area contributed by atoms with E-state index in [9.17, 15) is 39.9 Å². The van der Waals surface area contributed by atoms with Crippen molar-refractivity contribution in [2.45, 2.75) is 75.5 Å². The molecule has 5 unspecified atom stereocenters. The van der Waals surface area contributed by atoms with Gasteiger partial charge in [0.05, 0.1) is 23.0 Å². The van der Waals surface area contributed by atoms with E-state index in [2.05, 4.69) is 0 Å². The van der Waals surface area contributed by atoms with Crippen LogP contribution in [0.5, 0.6) is 5.75 Å². The lowest BCUT2D eigenvalue weighted by Crippen LogP contribution is -2.66. The molecule has 5 atom stereocenters. The summed E-state index contributed by atoms with van der Waals surface area (Å²) in [6.45, 7) is 1.43. The Bertz CT molecular complexity index is 1550. The van der Waals surface area contributed by atoms with Crippen LogP contribution >= 0.6 is 0 Å². The molecule has 2 saturated carbocycles. The molecule has 2 fully saturated rings. The van der Waals surface area contributed by atoms with E-state index in [4.69, 9.17) is 16.6 Å². The third-order valence-electron chi connectivity index (χ3n) is 10.6. The number of phenols is 1. The molecule has 45 heavy (non-hydrogen) atoms. The van der Waals surface area contributed by atoms with Crippen LogP contribution in [0.15, 0.2) is 35.1 Å². The maximum Gasteiger partial charge on any atom is 0.202 e. The molecule has 5 rings (SSSR count). The van der Waals surface area contributed by atoms with Crippen molar-refractivity contribution in [3.05, 3.63) is 46.2 Å². The highest BCUT2D eigenvalue weighted by atomic mass is 16.3. The molecule has 0 aromatic heterocycles. The van der Waals surface area contributed by atoms with E-state index < -0.39 is 63.5 Å². The second-order valence-corrected chi connectivity index (χ2v) is 13.5. The van der Waals surface area contributed by atoms with Crippen molar-refractivity contribution in [2.75, 3.05) is 14.1 Å². The van der Waals surface area contributed by atoms with Crippen molar-refractivity contribution in [1.29, 1.82) is 10.8 Å². The Labute approximate surface area is 261 Å². The maximum atomic E-state index is 14.2. The topological polar surface area (TPSA) is 229 Å². The van der Waals surface area contributed by atoms with Gasteiger partial charge in [-0.15, -0.1) is 0 Å². The van der Waals surface area contributed by atoms with Crippen LogP contribution in [-0.2, 0) is 20.0 Å². The highest BCUT2D eigenvalue weighted by Crippen LogP contribution is 2.57. The molecule has 0 aliphatic heterocycles. The minimum atomic E-state index is -2.74. The van der Waals surface area contributed by atoms with Gasteiger partial charge < -0.3 is 36.7 Å². The smallest absolute Gasteiger partial charge is 0.202 e. The number of aliphatic hydroxyl groups excluding tert-OH is 2. The number of likely N-dealkylation sites (N-methyl/N-ethyl adjacent to an activating group) is 1. The minimum absolute atomic E-state index is 0.0286. The molecule has 12 heteroatoms. The lowest BCUT2D eigenvalue weighted by atomic mass is 9.54. The monoisotopic (exact) mass is 622 g/mol. The number of phenolic OH excluding ortho intramolecular Hbond substituents is 1. The van der Waals surface area contributed by atoms with Gasteiger partial charge >= 0.3 is 0 Å². The molecule has 1 aromatic rings. The maximum absolute atomic E-state index is 14.2. The summed E-state index contributed by atoms with van der Waals surface area (Å²) in [6.07, 6.45) is 3.18. The number of carbonyl (C=O) groups excluding carboxylic acids is 3. The fourth-order valence-electron chi connectivity index (χ4n) is 8.14. The number of hydrogen-bond acceptors (Lipinski definition) is 11. The van der Waals surface area contributed by atoms with E-state index >= 15 is 0 Å². The third-order valence-corrected chi connectivity index (χ3v) is 10.6. The number of hydrogen-bond donors (Lipinski definition) is 8. The molecule has 0 heterocycles. The molecule has 4 aliphatic carbocycles. The lowest BCUT2D eigenvalue weighted by molar-refractivity contribution is -0.159. The zero-order chi connectivity index (χ0) is 33.2. The van der Waals surface area contributed by atoms with Crippen molar-refractivity contribution < 1.29 is 39.9 Å². The summed E-state index contributed by atoms with van der Waals surface area (Å²) in [5, 5.41) is 72.6. The van der Waals surface area contributed by atoms with Crippen LogP contribution in [0, 0.1) is 34.5 Å². The first-order valence-corrected chi connectivity index (χ1v) is 15.4. The highest BCUT2D eigenvalue weighted by molar-refractivity contribution is 6.25. The Morgan fingerprint density at radius 2 is 1.71 bits per heavy atom. The van der Waals surface area contributed by atoms with Gasteiger partial charge in [-0.2, -0.15) is 0 Å². The van der Waals surface area contributed by atoms with Crippen LogP contribution in [0.1, 0.15) is 69.4 Å². The lowest BCUT2D eigenvalue weighted by Gasteiger charge is -2.53. The summed E-state index contributed by atoms with van der Waals surface area (Å²) in [5.74, 6) is -6.86. The van der Waals surface area contributed by atoms with Crippen LogP contribution < -0.4 is 5.73 Å². The third kappa shape index (κ3) is 5.08. The van der Waals surface area contributed by atoms with E-state index in [1.54, 1.807) is 14.1 Å². The fourth-order valence-corrected chi connectivity index (χ4v) is 8.14. The van der Waals surface area contributed by atoms with Crippen molar-refractivity contribution in [3.63, 3.8) is 0 Å². The Morgan fingerprint density at radius 1 is 1.07 bits per heavy atom. The Hall–Kier alpha value is -3.87. The number of carbonyl (C=O) groups is 3. The average molecular weight is 623 g/mol. The van der Waals surface area contributed by atoms with Crippen LogP contribution in [0.3, 0.4) is 0 Å². The molecular formula is C33H42N4O8. The second-order valence-electron chi connectivity index (χ2n) is 13.5. The SMILES string of the molecule is CN(C)C1C(=O)C(C(=O)CCC2CCC(C(=N)CC(=N)N)CC2)=C(O)C2(O)C(=O)C3=C(O)c4c(O)cccc4C(C)(O)C3CC12. The van der Waals surface area contributed by atoms with Gasteiger partial charge in [0, 0.05) is 36.0 Å². The Balaban J connectivity index is 1.46. The van der Waals surface area contributed by atoms with E-state index in [0.717, 1.165) is 25.7 Å². The first kappa shape index (κ1) is 32.5. The number of fused-ring (bicyclic) bond motifs is 3. The molecule has 242 valence electrons. The summed E-state index contributed by atoms with van der Waals surface area (Å²) in [5.41, 5.74) is 0.340. The predicted octanol–water partition coefficient (Wildman–Crippen LogP) is 2.65. The second kappa shape index (κ2) is 11.5. The van der Waals surface area contributed by atoms with E-state index in [-0.39, 0.29) is 59.4 Å². The van der Waals surface area contributed by atoms with Gasteiger partial charge in [-0.3, -0.25) is 24.7 Å². The molecule has 0 radical (unpaired) electrons. The van der Waals surface area contributed by atoms with Gasteiger partial charge in [0.25, 0.3) is 0 Å². The quantitative estimate of drug-likeness (QED) is 0.120. The number of nitrogens with zero attached hydrogens (tertiary/aromatic N) is 1. The first-order chi connectivity index (χ1) is 21.0. The zero-order valence-corrected chi connectivity index (χ0v) is 25.8. The number of ketones is 3. The molecule has 0 amide bonds. The largest absolute Gasteiger partial charge is 0.508 e. The molecule has 1 aromatic carbocycles. The van der Waals surface area contributed by atoms with Crippen molar-refractivity contribution >= 4 is 34.7 Å². The minimum Gasteiger partial charge on any atom is -0.508 e. The average Bonchev–Trinajstić information content (AvgIpc) is 2.96. The highest BCUT2D eigenvalue weighted by Gasteiger charge is 2.66. The number of benzene rings is 1. The van der Waals surface area contributed by atoms with Gasteiger partial charge in [-0.25, -0.2) is 0 Å². The Kier molecular flexibility index (Phi) is 8.30. The Morgan fingerprint density at radius 3 is 2.31 bits per heavy atom. The van der Waals surface area contributed by atoms with Gasteiger partial charge in [0.2, 0.25) is 5.78 Å². The van der Waals surface area contributed by atoms with Gasteiger partial charge in [-0.05, 0) is 83.0 Å². The number of nitrogens with one attached hydrogen (secondary N) is 2. The number of aliphatic hydroxyl groups is 4. The standard InChI is InChI=1S/C33H42N4O8/c1-32(44)17-5-4-6-21(38)24(17)28(40)25-18(32)13-19-27(37(2)3)29(41)26(31(43)33(19,45)30(25)42)22(39)12-9-15-7-10-16(11-8-15)20(34)14-23(35)36/h4-6,15-16,18-19,27,34,38,40,43-45H,7-14H2,1-3H3,(H3,35,36). The van der Waals surface area contributed by atoms with Crippen molar-refractivity contribution in [2.24, 2.45) is 29.4 Å². The van der Waals surface area contributed by atoms with Crippen LogP contribution in [-0.4, -0.2) is 85.1 Å². The van der Waals surface area contributed by atoms with Gasteiger partial charge in [0.1, 0.15) is 22.8 Å². The predicted molar refractivity (Wildman–Crippen MR) is 165 cm³/mol. The fraction of sp³-hybridized carbons (Fsp3) is 0.545.